The molecule has 3 heterocycles. The van der Waals surface area contributed by atoms with Gasteiger partial charge in [0.1, 0.15) is 11.6 Å². The summed E-state index contributed by atoms with van der Waals surface area (Å²) in [6, 6.07) is 10.3. The summed E-state index contributed by atoms with van der Waals surface area (Å²) >= 11 is 0. The molecule has 1 unspecified atom stereocenters. The van der Waals surface area contributed by atoms with Crippen molar-refractivity contribution < 1.29 is 9.59 Å². The Kier molecular flexibility index (Phi) is 7.38. The Morgan fingerprint density at radius 1 is 1.12 bits per heavy atom. The molecule has 7 nitrogen and oxygen atoms in total. The molecular formula is C26H35N5O2. The van der Waals surface area contributed by atoms with E-state index in [-0.39, 0.29) is 17.9 Å². The average Bonchev–Trinajstić information content (AvgIpc) is 3.28. The lowest BCUT2D eigenvalue weighted by atomic mass is 10.0. The fraction of sp³-hybridized carbons (Fsp3) is 0.538. The van der Waals surface area contributed by atoms with Crippen LogP contribution in [0.3, 0.4) is 0 Å². The van der Waals surface area contributed by atoms with Gasteiger partial charge in [-0.25, -0.2) is 9.97 Å². The normalized spacial score (nSPS) is 18.5. The van der Waals surface area contributed by atoms with Crippen molar-refractivity contribution in [2.45, 2.75) is 58.9 Å². The number of rotatable bonds is 8. The molecule has 176 valence electrons. The van der Waals surface area contributed by atoms with E-state index in [4.69, 9.17) is 9.97 Å². The molecule has 0 aliphatic carbocycles. The van der Waals surface area contributed by atoms with E-state index in [0.717, 1.165) is 61.8 Å². The van der Waals surface area contributed by atoms with Crippen molar-refractivity contribution in [3.63, 3.8) is 0 Å². The van der Waals surface area contributed by atoms with Crippen LogP contribution in [0, 0.1) is 6.92 Å². The van der Waals surface area contributed by atoms with Gasteiger partial charge >= 0.3 is 0 Å². The number of likely N-dealkylation sites (tertiary alicyclic amines) is 1. The monoisotopic (exact) mass is 449 g/mol. The van der Waals surface area contributed by atoms with Crippen LogP contribution in [0.2, 0.25) is 0 Å². The summed E-state index contributed by atoms with van der Waals surface area (Å²) in [7, 11) is 0. The Morgan fingerprint density at radius 3 is 2.61 bits per heavy atom. The van der Waals surface area contributed by atoms with Crippen molar-refractivity contribution in [3.05, 3.63) is 53.0 Å². The number of hydrogen-bond acceptors (Lipinski definition) is 5. The summed E-state index contributed by atoms with van der Waals surface area (Å²) in [5.74, 6) is 1.80. The molecule has 0 saturated carbocycles. The van der Waals surface area contributed by atoms with Crippen molar-refractivity contribution in [2.75, 3.05) is 37.6 Å². The Labute approximate surface area is 196 Å². The lowest BCUT2D eigenvalue weighted by Crippen LogP contribution is -2.41. The van der Waals surface area contributed by atoms with Crippen LogP contribution in [0.15, 0.2) is 30.3 Å². The number of aromatic nitrogens is 2. The first-order chi connectivity index (χ1) is 16.0. The molecule has 0 bridgehead atoms. The van der Waals surface area contributed by atoms with E-state index in [2.05, 4.69) is 17.0 Å². The number of anilines is 1. The molecule has 1 aromatic heterocycles. The van der Waals surface area contributed by atoms with Gasteiger partial charge < -0.3 is 4.90 Å². The average molecular weight is 450 g/mol. The molecule has 2 aliphatic heterocycles. The van der Waals surface area contributed by atoms with Crippen molar-refractivity contribution in [3.8, 4) is 0 Å². The zero-order chi connectivity index (χ0) is 23.4. The third kappa shape index (κ3) is 5.08. The SMILES string of the molecule is CCN(CC)C(=O)CN1CCCC1c1nc(C)c2c(n1)N(CCc1ccccc1)C(=O)CC2. The third-order valence-electron chi connectivity index (χ3n) is 6.94. The fourth-order valence-electron chi connectivity index (χ4n) is 5.03. The van der Waals surface area contributed by atoms with Gasteiger partial charge in [-0.05, 0) is 58.6 Å². The summed E-state index contributed by atoms with van der Waals surface area (Å²) in [6.45, 7) is 9.37. The molecule has 2 aromatic rings. The van der Waals surface area contributed by atoms with Gasteiger partial charge in [-0.2, -0.15) is 0 Å². The summed E-state index contributed by atoms with van der Waals surface area (Å²) in [5, 5.41) is 0. The van der Waals surface area contributed by atoms with E-state index in [1.807, 2.05) is 48.8 Å². The Balaban J connectivity index is 1.58. The van der Waals surface area contributed by atoms with Crippen molar-refractivity contribution in [1.29, 1.82) is 0 Å². The summed E-state index contributed by atoms with van der Waals surface area (Å²) in [5.41, 5.74) is 3.24. The van der Waals surface area contributed by atoms with Crippen molar-refractivity contribution >= 4 is 17.6 Å². The summed E-state index contributed by atoms with van der Waals surface area (Å²) in [6.07, 6.45) is 3.93. The number of carbonyl (C=O) groups is 2. The fourth-order valence-corrected chi connectivity index (χ4v) is 5.03. The van der Waals surface area contributed by atoms with Crippen LogP contribution in [-0.2, 0) is 22.4 Å². The predicted octanol–water partition coefficient (Wildman–Crippen LogP) is 3.31. The standard InChI is InChI=1S/C26H35N5O2/c1-4-29(5-2)24(33)18-30-16-9-12-22(30)25-27-19(3)21-13-14-23(32)31(26(21)28-25)17-15-20-10-7-6-8-11-20/h6-8,10-11,22H,4-5,9,12-18H2,1-3H3. The smallest absolute Gasteiger partial charge is 0.236 e. The highest BCUT2D eigenvalue weighted by molar-refractivity contribution is 5.95. The predicted molar refractivity (Wildman–Crippen MR) is 129 cm³/mol. The van der Waals surface area contributed by atoms with Gasteiger partial charge in [0.05, 0.1) is 12.6 Å². The van der Waals surface area contributed by atoms with Gasteiger partial charge in [0.2, 0.25) is 11.8 Å². The number of nitrogens with zero attached hydrogens (tertiary/aromatic N) is 5. The van der Waals surface area contributed by atoms with Crippen LogP contribution in [0.1, 0.15) is 61.8 Å². The quantitative estimate of drug-likeness (QED) is 0.618. The maximum atomic E-state index is 12.9. The maximum Gasteiger partial charge on any atom is 0.236 e. The van der Waals surface area contributed by atoms with E-state index < -0.39 is 0 Å². The highest BCUT2D eigenvalue weighted by Crippen LogP contribution is 2.34. The Morgan fingerprint density at radius 2 is 1.88 bits per heavy atom. The van der Waals surface area contributed by atoms with E-state index in [0.29, 0.717) is 25.9 Å². The minimum Gasteiger partial charge on any atom is -0.342 e. The van der Waals surface area contributed by atoms with Crippen molar-refractivity contribution in [2.24, 2.45) is 0 Å². The molecule has 1 fully saturated rings. The topological polar surface area (TPSA) is 69.6 Å². The molecule has 33 heavy (non-hydrogen) atoms. The maximum absolute atomic E-state index is 12.9. The largest absolute Gasteiger partial charge is 0.342 e. The highest BCUT2D eigenvalue weighted by atomic mass is 16.2. The molecule has 1 atom stereocenters. The van der Waals surface area contributed by atoms with E-state index >= 15 is 0 Å². The zero-order valence-corrected chi connectivity index (χ0v) is 20.1. The van der Waals surface area contributed by atoms with E-state index in [1.54, 1.807) is 0 Å². The molecule has 2 aliphatic rings. The third-order valence-corrected chi connectivity index (χ3v) is 6.94. The van der Waals surface area contributed by atoms with Crippen LogP contribution in [0.5, 0.6) is 0 Å². The minimum atomic E-state index is 0.0153. The first-order valence-corrected chi connectivity index (χ1v) is 12.2. The second-order valence-electron chi connectivity index (χ2n) is 8.94. The minimum absolute atomic E-state index is 0.0153. The Bertz CT molecular complexity index is 990. The number of amides is 2. The number of carbonyl (C=O) groups excluding carboxylic acids is 2. The number of aryl methyl sites for hydroxylation is 1. The molecule has 0 spiro atoms. The first-order valence-electron chi connectivity index (χ1n) is 12.2. The number of hydrogen-bond donors (Lipinski definition) is 0. The summed E-state index contributed by atoms with van der Waals surface area (Å²) in [4.78, 5) is 41.4. The second-order valence-corrected chi connectivity index (χ2v) is 8.94. The Hall–Kier alpha value is -2.80. The van der Waals surface area contributed by atoms with Crippen LogP contribution in [0.25, 0.3) is 0 Å². The summed E-state index contributed by atoms with van der Waals surface area (Å²) < 4.78 is 0. The van der Waals surface area contributed by atoms with Crippen LogP contribution in [0.4, 0.5) is 5.82 Å². The van der Waals surface area contributed by atoms with Crippen LogP contribution >= 0.6 is 0 Å². The van der Waals surface area contributed by atoms with E-state index in [9.17, 15) is 9.59 Å². The lowest BCUT2D eigenvalue weighted by molar-refractivity contribution is -0.132. The van der Waals surface area contributed by atoms with Crippen LogP contribution < -0.4 is 4.90 Å². The van der Waals surface area contributed by atoms with Gasteiger partial charge in [0.15, 0.2) is 0 Å². The molecule has 1 saturated heterocycles. The van der Waals surface area contributed by atoms with Gasteiger partial charge in [0.25, 0.3) is 0 Å². The molecule has 2 amide bonds. The first kappa shape index (κ1) is 23.4. The molecule has 0 radical (unpaired) electrons. The van der Waals surface area contributed by atoms with Crippen LogP contribution in [-0.4, -0.2) is 64.3 Å². The van der Waals surface area contributed by atoms with E-state index in [1.165, 1.54) is 5.56 Å². The molecule has 4 rings (SSSR count). The van der Waals surface area contributed by atoms with Gasteiger partial charge in [0, 0.05) is 37.3 Å². The van der Waals surface area contributed by atoms with Gasteiger partial charge in [-0.1, -0.05) is 30.3 Å². The van der Waals surface area contributed by atoms with Gasteiger partial charge in [-0.3, -0.25) is 19.4 Å². The number of likely N-dealkylation sites (N-methyl/N-ethyl adjacent to an activating group) is 1. The lowest BCUT2D eigenvalue weighted by Gasteiger charge is -2.31. The number of benzene rings is 1. The second kappa shape index (κ2) is 10.4. The molecule has 1 aromatic carbocycles. The molecular weight excluding hydrogens is 414 g/mol. The zero-order valence-electron chi connectivity index (χ0n) is 20.1. The number of fused-ring (bicyclic) bond motifs is 1. The highest BCUT2D eigenvalue weighted by Gasteiger charge is 2.34. The van der Waals surface area contributed by atoms with Crippen molar-refractivity contribution in [1.82, 2.24) is 19.8 Å². The molecule has 0 N–H and O–H groups in total. The molecule has 7 heteroatoms. The van der Waals surface area contributed by atoms with Gasteiger partial charge in [-0.15, -0.1) is 0 Å².